The van der Waals surface area contributed by atoms with E-state index in [1.54, 1.807) is 0 Å². The first-order valence-electron chi connectivity index (χ1n) is 10.5. The van der Waals surface area contributed by atoms with Gasteiger partial charge in [0.1, 0.15) is 6.04 Å². The number of benzene rings is 1. The van der Waals surface area contributed by atoms with E-state index >= 15 is 0 Å². The van der Waals surface area contributed by atoms with Gasteiger partial charge in [-0.2, -0.15) is 18.2 Å². The van der Waals surface area contributed by atoms with Crippen molar-refractivity contribution in [2.24, 2.45) is 0 Å². The number of carbonyl (C=O) groups excluding carboxylic acids is 3. The number of aromatic amines is 1. The Bertz CT molecular complexity index is 1490. The van der Waals surface area contributed by atoms with Gasteiger partial charge in [0.05, 0.1) is 18.4 Å². The van der Waals surface area contributed by atoms with Gasteiger partial charge in [0.2, 0.25) is 11.9 Å². The fourth-order valence-corrected chi connectivity index (χ4v) is 3.74. The lowest BCUT2D eigenvalue weighted by Crippen LogP contribution is -2.43. The average molecular weight is 519 g/mol. The lowest BCUT2D eigenvalue weighted by molar-refractivity contribution is -0.170. The van der Waals surface area contributed by atoms with E-state index in [0.717, 1.165) is 30.5 Å². The van der Waals surface area contributed by atoms with Gasteiger partial charge in [0, 0.05) is 17.7 Å². The first-order valence-corrected chi connectivity index (χ1v) is 10.5. The summed E-state index contributed by atoms with van der Waals surface area (Å²) in [5, 5.41) is 9.25. The molecule has 1 fully saturated rings. The van der Waals surface area contributed by atoms with Gasteiger partial charge in [-0.05, 0) is 30.7 Å². The maximum absolute atomic E-state index is 13.4. The fraction of sp³-hybridized carbons (Fsp3) is 0.238. The van der Waals surface area contributed by atoms with Crippen LogP contribution in [0, 0.1) is 0 Å². The molecule has 37 heavy (non-hydrogen) atoms. The van der Waals surface area contributed by atoms with Crippen LogP contribution in [0.3, 0.4) is 0 Å². The summed E-state index contributed by atoms with van der Waals surface area (Å²) in [5.41, 5.74) is 3.51. The van der Waals surface area contributed by atoms with Gasteiger partial charge in [-0.25, -0.2) is 14.8 Å². The number of nitrogen functional groups attached to an aromatic ring is 1. The van der Waals surface area contributed by atoms with Crippen LogP contribution < -0.4 is 16.2 Å². The van der Waals surface area contributed by atoms with Gasteiger partial charge >= 0.3 is 18.1 Å². The first-order chi connectivity index (χ1) is 17.4. The predicted molar refractivity (Wildman–Crippen MR) is 118 cm³/mol. The van der Waals surface area contributed by atoms with E-state index in [9.17, 15) is 42.3 Å². The molecule has 13 nitrogen and oxygen atoms in total. The summed E-state index contributed by atoms with van der Waals surface area (Å²) in [6, 6.07) is 2.81. The minimum atomic E-state index is -5.29. The van der Waals surface area contributed by atoms with E-state index in [0.29, 0.717) is 9.80 Å². The van der Waals surface area contributed by atoms with Crippen LogP contribution >= 0.6 is 0 Å². The molecule has 0 aliphatic carbocycles. The highest BCUT2D eigenvalue weighted by atomic mass is 19.4. The van der Waals surface area contributed by atoms with Crippen molar-refractivity contribution in [3.63, 3.8) is 0 Å². The first kappa shape index (κ1) is 25.2. The normalized spacial score (nSPS) is 15.7. The highest BCUT2D eigenvalue weighted by Crippen LogP contribution is 2.27. The quantitative estimate of drug-likeness (QED) is 0.402. The van der Waals surface area contributed by atoms with Gasteiger partial charge in [-0.3, -0.25) is 34.0 Å². The zero-order chi connectivity index (χ0) is 27.1. The number of halogens is 3. The number of rotatable bonds is 5. The smallest absolute Gasteiger partial charge is 0.471 e. The van der Waals surface area contributed by atoms with Crippen molar-refractivity contribution in [3.8, 4) is 0 Å². The van der Waals surface area contributed by atoms with Crippen molar-refractivity contribution in [2.75, 3.05) is 10.6 Å². The number of nitrogens with two attached hydrogens (primary N) is 1. The van der Waals surface area contributed by atoms with Crippen molar-refractivity contribution in [1.82, 2.24) is 24.8 Å². The van der Waals surface area contributed by atoms with Crippen LogP contribution in [0.4, 0.5) is 24.8 Å². The third-order valence-corrected chi connectivity index (χ3v) is 5.44. The molecule has 1 saturated heterocycles. The summed E-state index contributed by atoms with van der Waals surface area (Å²) in [4.78, 5) is 75.0. The van der Waals surface area contributed by atoms with Crippen LogP contribution in [0.2, 0.25) is 0 Å². The standard InChI is InChI=1S/C21H16F3N7O6/c22-21(23,24)19(37)30(8-10-7-26-15-14(27-10)16(33)29-20(25)28-15)11-3-1-9(2-4-11)17(34)31-12(18(35)36)5-6-13(31)32/h1-4,7,12H,5-6,8H2,(H,35,36)(H3,25,26,28,29,33)/t12-/m0/s1. The zero-order valence-corrected chi connectivity index (χ0v) is 18.5. The van der Waals surface area contributed by atoms with Crippen molar-refractivity contribution < 1.29 is 37.5 Å². The summed E-state index contributed by atoms with van der Waals surface area (Å²) in [5.74, 6) is -5.52. The van der Waals surface area contributed by atoms with Crippen molar-refractivity contribution in [3.05, 3.63) is 52.1 Å². The molecule has 16 heteroatoms. The Hall–Kier alpha value is -4.89. The number of hydrogen-bond donors (Lipinski definition) is 3. The van der Waals surface area contributed by atoms with Gasteiger partial charge in [-0.1, -0.05) is 0 Å². The monoisotopic (exact) mass is 519 g/mol. The summed E-state index contributed by atoms with van der Waals surface area (Å²) in [6.45, 7) is -0.760. The van der Waals surface area contributed by atoms with E-state index in [2.05, 4.69) is 19.9 Å². The van der Waals surface area contributed by atoms with Crippen LogP contribution in [-0.4, -0.2) is 65.9 Å². The summed E-state index contributed by atoms with van der Waals surface area (Å²) in [7, 11) is 0. The SMILES string of the molecule is Nc1nc2ncc(CN(C(=O)C(F)(F)F)c3ccc(C(=O)N4C(=O)CC[C@H]4C(=O)O)cc3)nc2c(=O)[nH]1. The number of likely N-dealkylation sites (tertiary alicyclic amines) is 1. The Balaban J connectivity index is 1.66. The average Bonchev–Trinajstić information content (AvgIpc) is 3.23. The maximum atomic E-state index is 13.4. The van der Waals surface area contributed by atoms with E-state index in [1.807, 2.05) is 0 Å². The van der Waals surface area contributed by atoms with Gasteiger partial charge in [0.25, 0.3) is 11.5 Å². The third kappa shape index (κ3) is 4.93. The number of anilines is 2. The molecule has 1 aromatic carbocycles. The summed E-state index contributed by atoms with van der Waals surface area (Å²) in [6.07, 6.45) is -4.48. The van der Waals surface area contributed by atoms with E-state index in [-0.39, 0.29) is 46.9 Å². The molecule has 2 aromatic heterocycles. The molecular formula is C21H16F3N7O6. The van der Waals surface area contributed by atoms with E-state index in [1.165, 1.54) is 0 Å². The molecular weight excluding hydrogens is 503 g/mol. The summed E-state index contributed by atoms with van der Waals surface area (Å²) < 4.78 is 40.1. The second-order valence-electron chi connectivity index (χ2n) is 7.88. The molecule has 1 aliphatic rings. The maximum Gasteiger partial charge on any atom is 0.471 e. The molecule has 0 radical (unpaired) electrons. The number of H-pyrrole nitrogens is 1. The lowest BCUT2D eigenvalue weighted by atomic mass is 10.1. The van der Waals surface area contributed by atoms with E-state index < -0.39 is 48.0 Å². The molecule has 0 unspecified atom stereocenters. The molecule has 192 valence electrons. The van der Waals surface area contributed by atoms with E-state index in [4.69, 9.17) is 5.73 Å². The van der Waals surface area contributed by atoms with Crippen molar-refractivity contribution in [1.29, 1.82) is 0 Å². The lowest BCUT2D eigenvalue weighted by Gasteiger charge is -2.24. The number of fused-ring (bicyclic) bond motifs is 1. The molecule has 3 aromatic rings. The number of nitrogens with zero attached hydrogens (tertiary/aromatic N) is 5. The van der Waals surface area contributed by atoms with Gasteiger partial charge in [0.15, 0.2) is 11.2 Å². The number of carboxylic acid groups (broad SMARTS) is 1. The molecule has 4 rings (SSSR count). The number of hydrogen-bond acceptors (Lipinski definition) is 9. The molecule has 0 saturated carbocycles. The third-order valence-electron chi connectivity index (χ3n) is 5.44. The molecule has 1 aliphatic heterocycles. The molecule has 3 amide bonds. The highest BCUT2D eigenvalue weighted by Gasteiger charge is 2.44. The minimum absolute atomic E-state index is 0.0659. The van der Waals surface area contributed by atoms with Crippen LogP contribution in [-0.2, 0) is 20.9 Å². The molecule has 0 spiro atoms. The van der Waals surface area contributed by atoms with Crippen LogP contribution in [0.15, 0.2) is 35.3 Å². The van der Waals surface area contributed by atoms with Crippen LogP contribution in [0.1, 0.15) is 28.9 Å². The van der Waals surface area contributed by atoms with Crippen molar-refractivity contribution in [2.45, 2.75) is 31.6 Å². The summed E-state index contributed by atoms with van der Waals surface area (Å²) >= 11 is 0. The van der Waals surface area contributed by atoms with Crippen LogP contribution in [0.25, 0.3) is 11.2 Å². The number of aromatic nitrogens is 4. The topological polar surface area (TPSA) is 193 Å². The zero-order valence-electron chi connectivity index (χ0n) is 18.5. The Morgan fingerprint density at radius 3 is 2.46 bits per heavy atom. The predicted octanol–water partition coefficient (Wildman–Crippen LogP) is 0.607. The second-order valence-corrected chi connectivity index (χ2v) is 7.88. The highest BCUT2D eigenvalue weighted by molar-refractivity contribution is 6.09. The van der Waals surface area contributed by atoms with Crippen molar-refractivity contribution >= 4 is 46.5 Å². The Morgan fingerprint density at radius 2 is 1.84 bits per heavy atom. The number of imide groups is 1. The molecule has 3 heterocycles. The number of carbonyl (C=O) groups is 4. The molecule has 0 bridgehead atoms. The molecule has 1 atom stereocenters. The van der Waals surface area contributed by atoms with Crippen LogP contribution in [0.5, 0.6) is 0 Å². The number of amides is 3. The number of alkyl halides is 3. The minimum Gasteiger partial charge on any atom is -0.480 e. The molecule has 4 N–H and O–H groups in total. The fourth-order valence-electron chi connectivity index (χ4n) is 3.74. The van der Waals surface area contributed by atoms with Gasteiger partial charge in [-0.15, -0.1) is 0 Å². The number of aliphatic carboxylic acids is 1. The number of nitrogens with one attached hydrogen (secondary N) is 1. The second kappa shape index (κ2) is 9.29. The Labute approximate surface area is 203 Å². The Morgan fingerprint density at radius 1 is 1.16 bits per heavy atom. The number of carboxylic acids is 1. The van der Waals surface area contributed by atoms with Gasteiger partial charge < -0.3 is 10.8 Å². The Kier molecular flexibility index (Phi) is 6.33. The largest absolute Gasteiger partial charge is 0.480 e.